The Hall–Kier alpha value is -1.72. The zero-order valence-electron chi connectivity index (χ0n) is 6.67. The van der Waals surface area contributed by atoms with Gasteiger partial charge in [0.15, 0.2) is 0 Å². The van der Waals surface area contributed by atoms with Crippen molar-refractivity contribution in [3.63, 3.8) is 0 Å². The summed E-state index contributed by atoms with van der Waals surface area (Å²) in [6.07, 6.45) is -4.59. The summed E-state index contributed by atoms with van der Waals surface area (Å²) < 4.78 is 36.1. The van der Waals surface area contributed by atoms with Crippen molar-refractivity contribution in [3.8, 4) is 5.75 Å². The standard InChI is InChI=1S/C8H5F3O3/c9-8(10,11)4-1-2-5(7(13)14)6(12)3-4/h1-3,12H,(H,13,14)/i1+1,2+1,3+1,4+1,5+1,6+1. The van der Waals surface area contributed by atoms with Gasteiger partial charge in [0.1, 0.15) is 11.3 Å². The van der Waals surface area contributed by atoms with Gasteiger partial charge in [-0.05, 0) is 18.2 Å². The molecule has 0 saturated heterocycles. The average molecular weight is 212 g/mol. The lowest BCUT2D eigenvalue weighted by molar-refractivity contribution is -0.137. The SMILES string of the molecule is O=C(O)[13c]1[13cH][13cH][13c](C(F)(F)F)[13cH][13c]1O. The van der Waals surface area contributed by atoms with E-state index in [9.17, 15) is 18.0 Å². The molecule has 76 valence electrons. The van der Waals surface area contributed by atoms with Crippen molar-refractivity contribution in [1.82, 2.24) is 0 Å². The third kappa shape index (κ3) is 1.95. The van der Waals surface area contributed by atoms with E-state index in [0.29, 0.717) is 18.2 Å². The van der Waals surface area contributed by atoms with E-state index >= 15 is 0 Å². The van der Waals surface area contributed by atoms with Crippen molar-refractivity contribution < 1.29 is 28.2 Å². The maximum absolute atomic E-state index is 12.0. The van der Waals surface area contributed by atoms with Gasteiger partial charge in [-0.25, -0.2) is 4.79 Å². The molecule has 6 heteroatoms. The first-order valence-electron chi connectivity index (χ1n) is 3.46. The Morgan fingerprint density at radius 3 is 2.21 bits per heavy atom. The fourth-order valence-electron chi connectivity index (χ4n) is 0.889. The van der Waals surface area contributed by atoms with Gasteiger partial charge < -0.3 is 10.2 Å². The summed E-state index contributed by atoms with van der Waals surface area (Å²) in [5.74, 6) is -2.37. The average Bonchev–Trinajstić information content (AvgIpc) is 2.01. The lowest BCUT2D eigenvalue weighted by atomic mass is 10.8. The largest absolute Gasteiger partial charge is 0.507 e. The first-order chi connectivity index (χ1) is 6.32. The lowest BCUT2D eigenvalue weighted by Crippen LogP contribution is -2.06. The minimum absolute atomic E-state index is 0.378. The van der Waals surface area contributed by atoms with Crippen LogP contribution in [0.3, 0.4) is 0 Å². The molecule has 0 radical (unpaired) electrons. The molecule has 0 atom stereocenters. The summed E-state index contributed by atoms with van der Waals surface area (Å²) in [5.41, 5.74) is -1.64. The Morgan fingerprint density at radius 2 is 1.86 bits per heavy atom. The molecule has 0 aliphatic rings. The van der Waals surface area contributed by atoms with Crippen LogP contribution in [-0.4, -0.2) is 16.2 Å². The van der Waals surface area contributed by atoms with E-state index in [1.54, 1.807) is 0 Å². The van der Waals surface area contributed by atoms with Gasteiger partial charge in [-0.3, -0.25) is 0 Å². The maximum Gasteiger partial charge on any atom is 0.416 e. The van der Waals surface area contributed by atoms with Crippen LogP contribution in [0.1, 0.15) is 15.9 Å². The van der Waals surface area contributed by atoms with E-state index in [0.717, 1.165) is 0 Å². The third-order valence-electron chi connectivity index (χ3n) is 1.56. The van der Waals surface area contributed by atoms with E-state index in [1.165, 1.54) is 0 Å². The molecular formula is C8H5F3O3. The normalized spacial score (nSPS) is 11.4. The van der Waals surface area contributed by atoms with Crippen LogP contribution < -0.4 is 0 Å². The molecule has 0 aliphatic heterocycles. The highest BCUT2D eigenvalue weighted by Crippen LogP contribution is 2.32. The van der Waals surface area contributed by atoms with Gasteiger partial charge in [0.05, 0.1) is 5.56 Å². The molecule has 1 aromatic rings. The Labute approximate surface area is 76.4 Å². The second-order valence-corrected chi connectivity index (χ2v) is 2.53. The van der Waals surface area contributed by atoms with Gasteiger partial charge >= 0.3 is 12.1 Å². The number of alkyl halides is 3. The lowest BCUT2D eigenvalue weighted by Gasteiger charge is -2.07. The van der Waals surface area contributed by atoms with Crippen LogP contribution in [0.25, 0.3) is 0 Å². The summed E-state index contributed by atoms with van der Waals surface area (Å²) in [7, 11) is 0. The van der Waals surface area contributed by atoms with E-state index < -0.39 is 29.0 Å². The number of halogens is 3. The van der Waals surface area contributed by atoms with Gasteiger partial charge in [0.2, 0.25) is 0 Å². The molecule has 0 heterocycles. The minimum Gasteiger partial charge on any atom is -0.507 e. The molecule has 0 bridgehead atoms. The molecule has 0 saturated carbocycles. The molecule has 0 aliphatic carbocycles. The molecule has 0 fully saturated rings. The molecule has 0 aromatic heterocycles. The molecular weight excluding hydrogens is 207 g/mol. The summed E-state index contributed by atoms with van der Waals surface area (Å²) in [6.45, 7) is 0. The number of carbonyl (C=O) groups is 1. The first kappa shape index (κ1) is 10.4. The number of aromatic carboxylic acids is 1. The first-order valence-corrected chi connectivity index (χ1v) is 3.46. The van der Waals surface area contributed by atoms with Gasteiger partial charge in [-0.2, -0.15) is 13.2 Å². The number of hydrogen-bond donors (Lipinski definition) is 2. The van der Waals surface area contributed by atoms with Crippen molar-refractivity contribution in [2.75, 3.05) is 0 Å². The van der Waals surface area contributed by atoms with E-state index in [1.807, 2.05) is 0 Å². The van der Waals surface area contributed by atoms with Crippen molar-refractivity contribution in [2.24, 2.45) is 0 Å². The van der Waals surface area contributed by atoms with Gasteiger partial charge in [0.25, 0.3) is 0 Å². The molecule has 3 nitrogen and oxygen atoms in total. The van der Waals surface area contributed by atoms with Crippen molar-refractivity contribution in [3.05, 3.63) is 29.3 Å². The summed E-state index contributed by atoms with van der Waals surface area (Å²) in [6, 6.07) is 1.69. The highest BCUT2D eigenvalue weighted by molar-refractivity contribution is 5.90. The van der Waals surface area contributed by atoms with Crippen LogP contribution in [0.4, 0.5) is 13.2 Å². The van der Waals surface area contributed by atoms with E-state index in [2.05, 4.69) is 0 Å². The molecule has 2 N–H and O–H groups in total. The summed E-state index contributed by atoms with van der Waals surface area (Å²) in [5, 5.41) is 17.4. The highest BCUT2D eigenvalue weighted by atomic mass is 19.4. The molecule has 0 spiro atoms. The number of phenols is 1. The Morgan fingerprint density at radius 1 is 1.29 bits per heavy atom. The smallest absolute Gasteiger partial charge is 0.416 e. The number of rotatable bonds is 1. The van der Waals surface area contributed by atoms with Crippen molar-refractivity contribution in [1.29, 1.82) is 0 Å². The van der Waals surface area contributed by atoms with Crippen LogP contribution in [0.5, 0.6) is 5.75 Å². The molecule has 0 unspecified atom stereocenters. The second-order valence-electron chi connectivity index (χ2n) is 2.53. The maximum atomic E-state index is 12.0. The quantitative estimate of drug-likeness (QED) is 0.749. The van der Waals surface area contributed by atoms with Crippen molar-refractivity contribution >= 4 is 5.97 Å². The van der Waals surface area contributed by atoms with Crippen LogP contribution >= 0.6 is 0 Å². The number of carboxylic acids is 1. The number of benzene rings is 1. The van der Waals surface area contributed by atoms with E-state index in [-0.39, 0.29) is 0 Å². The van der Waals surface area contributed by atoms with E-state index in [4.69, 9.17) is 10.2 Å². The number of aromatic hydroxyl groups is 1. The Balaban J connectivity index is 3.20. The van der Waals surface area contributed by atoms with Crippen molar-refractivity contribution in [2.45, 2.75) is 6.18 Å². The topological polar surface area (TPSA) is 57.5 Å². The third-order valence-corrected chi connectivity index (χ3v) is 1.56. The Kier molecular flexibility index (Phi) is 2.37. The van der Waals surface area contributed by atoms with Crippen LogP contribution in [0.2, 0.25) is 0 Å². The van der Waals surface area contributed by atoms with Crippen LogP contribution in [0, 0.1) is 0 Å². The van der Waals surface area contributed by atoms with Gasteiger partial charge in [-0.1, -0.05) is 0 Å². The second kappa shape index (κ2) is 3.21. The summed E-state index contributed by atoms with van der Waals surface area (Å²) in [4.78, 5) is 10.3. The zero-order chi connectivity index (χ0) is 10.9. The van der Waals surface area contributed by atoms with Crippen LogP contribution in [-0.2, 0) is 6.18 Å². The Bertz CT molecular complexity index is 371. The fraction of sp³-hybridized carbons (Fsp3) is 0.125. The zero-order valence-corrected chi connectivity index (χ0v) is 6.67. The molecule has 1 rings (SSSR count). The highest BCUT2D eigenvalue weighted by Gasteiger charge is 2.31. The molecule has 1 aromatic carbocycles. The summed E-state index contributed by atoms with van der Waals surface area (Å²) >= 11 is 0. The monoisotopic (exact) mass is 212 g/mol. The fourth-order valence-corrected chi connectivity index (χ4v) is 0.889. The van der Waals surface area contributed by atoms with Gasteiger partial charge in [-0.15, -0.1) is 0 Å². The number of carboxylic acid groups (broad SMARTS) is 1. The predicted molar refractivity (Wildman–Crippen MR) is 40.1 cm³/mol. The predicted octanol–water partition coefficient (Wildman–Crippen LogP) is 2.11. The molecule has 14 heavy (non-hydrogen) atoms. The number of hydrogen-bond acceptors (Lipinski definition) is 2. The molecule has 0 amide bonds. The minimum atomic E-state index is -4.59. The van der Waals surface area contributed by atoms with Gasteiger partial charge in [0, 0.05) is 0 Å². The van der Waals surface area contributed by atoms with Crippen LogP contribution in [0.15, 0.2) is 18.2 Å².